The molecule has 0 rings (SSSR count). The van der Waals surface area contributed by atoms with Gasteiger partial charge in [0.15, 0.2) is 6.10 Å². The molecule has 0 aromatic carbocycles. The molecule has 2 atom stereocenters. The first-order chi connectivity index (χ1) is 25.8. The van der Waals surface area contributed by atoms with Crippen molar-refractivity contribution in [3.05, 3.63) is 85.1 Å². The van der Waals surface area contributed by atoms with Crippen molar-refractivity contribution in [1.29, 1.82) is 0 Å². The molecule has 1 unspecified atom stereocenters. The number of nitrogens with two attached hydrogens (primary N) is 1. The van der Waals surface area contributed by atoms with Crippen LogP contribution in [0.2, 0.25) is 0 Å². The first kappa shape index (κ1) is 50.2. The highest BCUT2D eigenvalue weighted by Gasteiger charge is 2.25. The van der Waals surface area contributed by atoms with Gasteiger partial charge >= 0.3 is 19.8 Å². The molecule has 302 valence electrons. The summed E-state index contributed by atoms with van der Waals surface area (Å²) in [5.74, 6) is -0.947. The van der Waals surface area contributed by atoms with Crippen molar-refractivity contribution in [3.8, 4) is 0 Å². The number of carbonyl (C=O) groups is 2. The van der Waals surface area contributed by atoms with E-state index in [2.05, 4.69) is 86.8 Å². The van der Waals surface area contributed by atoms with E-state index in [4.69, 9.17) is 24.3 Å². The molecular weight excluding hydrogens is 689 g/mol. The number of allylic oxidation sites excluding steroid dienone is 14. The second kappa shape index (κ2) is 38.9. The van der Waals surface area contributed by atoms with Crippen molar-refractivity contribution < 1.29 is 37.6 Å². The maximum Gasteiger partial charge on any atom is 0.472 e. The van der Waals surface area contributed by atoms with E-state index in [9.17, 15) is 19.0 Å². The molecule has 0 spiro atoms. The zero-order valence-electron chi connectivity index (χ0n) is 33.0. The van der Waals surface area contributed by atoms with Gasteiger partial charge in [-0.1, -0.05) is 137 Å². The Morgan fingerprint density at radius 1 is 0.585 bits per heavy atom. The number of rotatable bonds is 36. The van der Waals surface area contributed by atoms with Gasteiger partial charge in [-0.15, -0.1) is 0 Å². The van der Waals surface area contributed by atoms with Crippen LogP contribution in [0.15, 0.2) is 85.1 Å². The molecule has 10 heteroatoms. The second-order valence-corrected chi connectivity index (χ2v) is 14.2. The van der Waals surface area contributed by atoms with E-state index in [1.807, 2.05) is 12.2 Å². The van der Waals surface area contributed by atoms with Crippen molar-refractivity contribution in [2.75, 3.05) is 26.4 Å². The van der Waals surface area contributed by atoms with Crippen molar-refractivity contribution in [1.82, 2.24) is 0 Å². The Kier molecular flexibility index (Phi) is 36.8. The van der Waals surface area contributed by atoms with E-state index in [-0.39, 0.29) is 32.6 Å². The molecule has 0 radical (unpaired) electrons. The van der Waals surface area contributed by atoms with Crippen molar-refractivity contribution >= 4 is 19.8 Å². The summed E-state index contributed by atoms with van der Waals surface area (Å²) in [6.45, 7) is 3.47. The average molecular weight is 762 g/mol. The van der Waals surface area contributed by atoms with Crippen LogP contribution in [0.3, 0.4) is 0 Å². The van der Waals surface area contributed by atoms with Crippen molar-refractivity contribution in [2.45, 2.75) is 148 Å². The lowest BCUT2D eigenvalue weighted by Gasteiger charge is -2.19. The van der Waals surface area contributed by atoms with Crippen LogP contribution in [0.25, 0.3) is 0 Å². The maximum atomic E-state index is 12.5. The normalized spacial score (nSPS) is 14.3. The Bertz CT molecular complexity index is 1140. The van der Waals surface area contributed by atoms with E-state index in [0.29, 0.717) is 12.8 Å². The average Bonchev–Trinajstić information content (AvgIpc) is 3.14. The molecule has 0 amide bonds. The number of esters is 2. The van der Waals surface area contributed by atoms with Crippen LogP contribution in [0.1, 0.15) is 142 Å². The van der Waals surface area contributed by atoms with Crippen LogP contribution in [-0.4, -0.2) is 49.3 Å². The summed E-state index contributed by atoms with van der Waals surface area (Å²) < 4.78 is 32.6. The third-order valence-electron chi connectivity index (χ3n) is 7.78. The number of hydrogen-bond donors (Lipinski definition) is 2. The molecule has 0 aliphatic carbocycles. The second-order valence-electron chi connectivity index (χ2n) is 12.8. The van der Waals surface area contributed by atoms with Crippen LogP contribution in [0, 0.1) is 0 Å². The van der Waals surface area contributed by atoms with Gasteiger partial charge in [-0.3, -0.25) is 18.6 Å². The smallest absolute Gasteiger partial charge is 0.462 e. The summed E-state index contributed by atoms with van der Waals surface area (Å²) in [6, 6.07) is 0. The highest BCUT2D eigenvalue weighted by atomic mass is 31.2. The fourth-order valence-corrected chi connectivity index (χ4v) is 5.59. The SMILES string of the molecule is CCC=CCC=CCC=CCC=CCC=CCC=CCCC(=O)OC[C@H](COP(=O)(O)OCCN)OC(=O)CCCCCCCC=CCCCCCC. The summed E-state index contributed by atoms with van der Waals surface area (Å²) in [5, 5.41) is 0. The quantitative estimate of drug-likeness (QED) is 0.0277. The fraction of sp³-hybridized carbons (Fsp3) is 0.628. The van der Waals surface area contributed by atoms with Gasteiger partial charge in [0.1, 0.15) is 6.61 Å². The molecule has 0 bridgehead atoms. The Morgan fingerprint density at radius 2 is 1.08 bits per heavy atom. The molecule has 0 saturated carbocycles. The number of ether oxygens (including phenoxy) is 2. The van der Waals surface area contributed by atoms with E-state index < -0.39 is 32.5 Å². The number of carbonyl (C=O) groups excluding carboxylic acids is 2. The zero-order chi connectivity index (χ0) is 38.9. The van der Waals surface area contributed by atoms with E-state index in [0.717, 1.165) is 77.0 Å². The van der Waals surface area contributed by atoms with Crippen LogP contribution in [0.4, 0.5) is 0 Å². The van der Waals surface area contributed by atoms with Crippen LogP contribution in [0.5, 0.6) is 0 Å². The lowest BCUT2D eigenvalue weighted by atomic mass is 10.1. The highest BCUT2D eigenvalue weighted by molar-refractivity contribution is 7.47. The van der Waals surface area contributed by atoms with Gasteiger partial charge < -0.3 is 20.1 Å². The molecule has 0 saturated heterocycles. The fourth-order valence-electron chi connectivity index (χ4n) is 4.83. The summed E-state index contributed by atoms with van der Waals surface area (Å²) >= 11 is 0. The summed E-state index contributed by atoms with van der Waals surface area (Å²) in [7, 11) is -4.40. The van der Waals surface area contributed by atoms with E-state index in [1.165, 1.54) is 25.7 Å². The number of phosphoric acid groups is 1. The van der Waals surface area contributed by atoms with Crippen molar-refractivity contribution in [2.24, 2.45) is 5.73 Å². The highest BCUT2D eigenvalue weighted by Crippen LogP contribution is 2.43. The Labute approximate surface area is 322 Å². The summed E-state index contributed by atoms with van der Waals surface area (Å²) in [4.78, 5) is 34.7. The molecule has 0 heterocycles. The molecule has 0 aliphatic heterocycles. The minimum atomic E-state index is -4.40. The Hall–Kier alpha value is -2.81. The molecular formula is C43H72NO8P. The van der Waals surface area contributed by atoms with Crippen molar-refractivity contribution in [3.63, 3.8) is 0 Å². The van der Waals surface area contributed by atoms with Gasteiger partial charge in [-0.05, 0) is 77.0 Å². The Balaban J connectivity index is 4.35. The topological polar surface area (TPSA) is 134 Å². The third kappa shape index (κ3) is 38.7. The summed E-state index contributed by atoms with van der Waals surface area (Å²) in [6.07, 6.45) is 47.7. The lowest BCUT2D eigenvalue weighted by Crippen LogP contribution is -2.29. The zero-order valence-corrected chi connectivity index (χ0v) is 33.9. The monoisotopic (exact) mass is 761 g/mol. The first-order valence-corrected chi connectivity index (χ1v) is 21.6. The van der Waals surface area contributed by atoms with Gasteiger partial charge in [0.25, 0.3) is 0 Å². The predicted octanol–water partition coefficient (Wildman–Crippen LogP) is 11.3. The number of phosphoric ester groups is 1. The minimum Gasteiger partial charge on any atom is -0.462 e. The standard InChI is InChI=1S/C43H72NO8P/c1-3-5-7-9-11-13-15-17-18-19-20-21-22-24-25-27-29-31-33-35-42(45)49-39-41(40-51-53(47,48)50-38-37-44)52-43(46)36-34-32-30-28-26-23-16-14-12-10-8-6-4-2/h5,7,11,13-14,16-18,20-21,24-25,29,31,41H,3-4,6,8-10,12,15,19,22-23,26-28,30,32-40,44H2,1-2H3,(H,47,48)/t41-/m1/s1. The van der Waals surface area contributed by atoms with Gasteiger partial charge in [-0.25, -0.2) is 4.57 Å². The third-order valence-corrected chi connectivity index (χ3v) is 8.76. The van der Waals surface area contributed by atoms with Crippen LogP contribution < -0.4 is 5.73 Å². The van der Waals surface area contributed by atoms with E-state index in [1.54, 1.807) is 0 Å². The van der Waals surface area contributed by atoms with Gasteiger partial charge in [0.2, 0.25) is 0 Å². The largest absolute Gasteiger partial charge is 0.472 e. The minimum absolute atomic E-state index is 0.0382. The molecule has 3 N–H and O–H groups in total. The summed E-state index contributed by atoms with van der Waals surface area (Å²) in [5.41, 5.74) is 5.33. The predicted molar refractivity (Wildman–Crippen MR) is 219 cm³/mol. The molecule has 0 fully saturated rings. The van der Waals surface area contributed by atoms with Gasteiger partial charge in [-0.2, -0.15) is 0 Å². The number of unbranched alkanes of at least 4 members (excludes halogenated alkanes) is 9. The first-order valence-electron chi connectivity index (χ1n) is 20.1. The van der Waals surface area contributed by atoms with E-state index >= 15 is 0 Å². The Morgan fingerprint density at radius 3 is 1.62 bits per heavy atom. The van der Waals surface area contributed by atoms with Gasteiger partial charge in [0, 0.05) is 19.4 Å². The van der Waals surface area contributed by atoms with Gasteiger partial charge in [0.05, 0.1) is 13.2 Å². The maximum absolute atomic E-state index is 12.5. The molecule has 9 nitrogen and oxygen atoms in total. The van der Waals surface area contributed by atoms with Crippen LogP contribution >= 0.6 is 7.82 Å². The number of hydrogen-bond acceptors (Lipinski definition) is 8. The van der Waals surface area contributed by atoms with Crippen LogP contribution in [-0.2, 0) is 32.7 Å². The molecule has 0 aliphatic rings. The molecule has 53 heavy (non-hydrogen) atoms. The lowest BCUT2D eigenvalue weighted by molar-refractivity contribution is -0.161. The molecule has 0 aromatic heterocycles. The molecule has 0 aromatic rings.